The van der Waals surface area contributed by atoms with Crippen molar-refractivity contribution in [3.05, 3.63) is 35.9 Å². The Bertz CT molecular complexity index is 445. The minimum absolute atomic E-state index is 1.00. The highest BCUT2D eigenvalue weighted by Gasteiger charge is 2.16. The lowest BCUT2D eigenvalue weighted by Gasteiger charge is -2.29. The number of hydrogen-bond donors (Lipinski definition) is 1. The fraction of sp³-hybridized carbons (Fsp3) is 0.588. The Hall–Kier alpha value is -1.55. The minimum Gasteiger partial charge on any atom is -0.325 e. The van der Waals surface area contributed by atoms with Gasteiger partial charge in [-0.2, -0.15) is 0 Å². The summed E-state index contributed by atoms with van der Waals surface area (Å²) in [7, 11) is 12.9. The first-order valence-electron chi connectivity index (χ1n) is 7.63. The molecule has 0 spiro atoms. The van der Waals surface area contributed by atoms with Crippen LogP contribution in [0.25, 0.3) is 0 Å². The summed E-state index contributed by atoms with van der Waals surface area (Å²) >= 11 is 0. The number of nitrogens with one attached hydrogen (secondary N) is 1. The highest BCUT2D eigenvalue weighted by atomic mass is 15.3. The van der Waals surface area contributed by atoms with Crippen molar-refractivity contribution < 1.29 is 9.06 Å². The van der Waals surface area contributed by atoms with Crippen molar-refractivity contribution >= 4 is 5.96 Å². The lowest BCUT2D eigenvalue weighted by atomic mass is 10.2. The van der Waals surface area contributed by atoms with Gasteiger partial charge in [0.25, 0.3) is 0 Å². The Morgan fingerprint density at radius 2 is 1.76 bits per heavy atom. The molecule has 1 aromatic carbocycles. The Balaban J connectivity index is 2.39. The molecule has 0 unspecified atom stereocenters. The van der Waals surface area contributed by atoms with Crippen LogP contribution in [-0.4, -0.2) is 75.3 Å². The van der Waals surface area contributed by atoms with Crippen LogP contribution in [0.5, 0.6) is 0 Å². The van der Waals surface area contributed by atoms with Gasteiger partial charge < -0.3 is 4.48 Å². The first-order chi connectivity index (χ1) is 9.82. The molecular formula is C17H32N4+2. The van der Waals surface area contributed by atoms with Crippen molar-refractivity contribution in [1.82, 2.24) is 10.2 Å². The molecule has 4 heteroatoms. The molecule has 1 N–H and O–H groups in total. The van der Waals surface area contributed by atoms with Gasteiger partial charge in [-0.25, -0.2) is 0 Å². The second kappa shape index (κ2) is 8.03. The predicted molar refractivity (Wildman–Crippen MR) is 90.5 cm³/mol. The lowest BCUT2D eigenvalue weighted by Crippen LogP contribution is -2.44. The quantitative estimate of drug-likeness (QED) is 0.281. The first-order valence-corrected chi connectivity index (χ1v) is 7.63. The van der Waals surface area contributed by atoms with Gasteiger partial charge in [-0.3, -0.25) is 14.8 Å². The number of guanidine groups is 1. The zero-order valence-electron chi connectivity index (χ0n) is 14.6. The van der Waals surface area contributed by atoms with E-state index in [0.29, 0.717) is 0 Å². The molecule has 0 heterocycles. The summed E-state index contributed by atoms with van der Waals surface area (Å²) in [6.45, 7) is 3.25. The van der Waals surface area contributed by atoms with Gasteiger partial charge in [0, 0.05) is 12.0 Å². The van der Waals surface area contributed by atoms with Crippen molar-refractivity contribution in [2.45, 2.75) is 13.0 Å². The molecule has 0 saturated carbocycles. The topological polar surface area (TPSA) is 18.3 Å². The number of hydrogen-bond acceptors (Lipinski definition) is 0. The van der Waals surface area contributed by atoms with E-state index in [4.69, 9.17) is 0 Å². The fourth-order valence-corrected chi connectivity index (χ4v) is 2.58. The molecule has 0 aromatic heterocycles. The van der Waals surface area contributed by atoms with Crippen LogP contribution in [0.2, 0.25) is 0 Å². The molecule has 0 saturated heterocycles. The summed E-state index contributed by atoms with van der Waals surface area (Å²) in [5.41, 5.74) is 1.41. The maximum Gasteiger partial charge on any atom is 0.347 e. The molecule has 4 nitrogen and oxygen atoms in total. The molecule has 1 rings (SSSR count). The highest BCUT2D eigenvalue weighted by molar-refractivity contribution is 5.74. The average molecular weight is 292 g/mol. The second-order valence-corrected chi connectivity index (χ2v) is 6.70. The Morgan fingerprint density at radius 3 is 2.29 bits per heavy atom. The molecule has 0 atom stereocenters. The highest BCUT2D eigenvalue weighted by Crippen LogP contribution is 2.09. The summed E-state index contributed by atoms with van der Waals surface area (Å²) in [5.74, 6) is 1.16. The molecule has 0 fully saturated rings. The van der Waals surface area contributed by atoms with Crippen LogP contribution in [0.3, 0.4) is 0 Å². The molecule has 0 amide bonds. The fourth-order valence-electron chi connectivity index (χ4n) is 2.58. The third-order valence-corrected chi connectivity index (χ3v) is 3.52. The first kappa shape index (κ1) is 17.5. The normalized spacial score (nSPS) is 11.1. The minimum atomic E-state index is 1.00. The molecule has 0 aliphatic carbocycles. The molecular weight excluding hydrogens is 260 g/mol. The van der Waals surface area contributed by atoms with Gasteiger partial charge in [-0.1, -0.05) is 30.3 Å². The van der Waals surface area contributed by atoms with Gasteiger partial charge in [0.05, 0.1) is 55.4 Å². The molecule has 0 radical (unpaired) electrons. The Labute approximate surface area is 130 Å². The standard InChI is InChI=1S/C17H31N4/c1-19(2)17(20(3)4)18-13-10-14-21(5,6)15-16-11-8-7-9-12-16/h7-9,11-12H,10,13-15H2,1-6H3/q+1/p+1. The van der Waals surface area contributed by atoms with Crippen molar-refractivity contribution in [3.63, 3.8) is 0 Å². The van der Waals surface area contributed by atoms with E-state index in [1.54, 1.807) is 0 Å². The van der Waals surface area contributed by atoms with Crippen molar-refractivity contribution in [2.75, 3.05) is 55.4 Å². The molecule has 0 bridgehead atoms. The Kier molecular flexibility index (Phi) is 6.69. The van der Waals surface area contributed by atoms with E-state index in [1.807, 2.05) is 0 Å². The van der Waals surface area contributed by atoms with Crippen LogP contribution in [0.15, 0.2) is 30.3 Å². The molecule has 21 heavy (non-hydrogen) atoms. The van der Waals surface area contributed by atoms with Crippen LogP contribution in [-0.2, 0) is 6.54 Å². The van der Waals surface area contributed by atoms with Crippen molar-refractivity contribution in [1.29, 1.82) is 0 Å². The van der Waals surface area contributed by atoms with Gasteiger partial charge in [-0.05, 0) is 0 Å². The summed E-state index contributed by atoms with van der Waals surface area (Å²) in [5, 5.41) is 3.51. The molecule has 0 aliphatic heterocycles. The number of nitrogens with zero attached hydrogens (tertiary/aromatic N) is 3. The largest absolute Gasteiger partial charge is 0.347 e. The van der Waals surface area contributed by atoms with Crippen molar-refractivity contribution in [3.8, 4) is 0 Å². The lowest BCUT2D eigenvalue weighted by molar-refractivity contribution is -0.903. The SMILES string of the molecule is CN(C)C(NCCC[N+](C)(C)Cc1ccccc1)=[N+](C)C. The third kappa shape index (κ3) is 6.63. The molecule has 118 valence electrons. The van der Waals surface area contributed by atoms with E-state index < -0.39 is 0 Å². The van der Waals surface area contributed by atoms with Crippen LogP contribution in [0, 0.1) is 0 Å². The van der Waals surface area contributed by atoms with E-state index >= 15 is 0 Å². The van der Waals surface area contributed by atoms with Gasteiger partial charge in [0.1, 0.15) is 6.54 Å². The predicted octanol–water partition coefficient (Wildman–Crippen LogP) is 1.43. The van der Waals surface area contributed by atoms with Gasteiger partial charge in [-0.15, -0.1) is 0 Å². The summed E-state index contributed by atoms with van der Waals surface area (Å²) < 4.78 is 3.13. The summed E-state index contributed by atoms with van der Waals surface area (Å²) in [6, 6.07) is 10.7. The van der Waals surface area contributed by atoms with Crippen LogP contribution >= 0.6 is 0 Å². The number of benzene rings is 1. The zero-order valence-corrected chi connectivity index (χ0v) is 14.6. The number of quaternary nitrogens is 1. The molecule has 1 aromatic rings. The summed E-state index contributed by atoms with van der Waals surface area (Å²) in [4.78, 5) is 2.12. The van der Waals surface area contributed by atoms with E-state index in [9.17, 15) is 0 Å². The zero-order chi connectivity index (χ0) is 15.9. The van der Waals surface area contributed by atoms with E-state index in [2.05, 4.69) is 87.4 Å². The number of rotatable bonds is 6. The van der Waals surface area contributed by atoms with Gasteiger partial charge in [0.2, 0.25) is 0 Å². The van der Waals surface area contributed by atoms with E-state index in [1.165, 1.54) is 5.56 Å². The molecule has 0 aliphatic rings. The average Bonchev–Trinajstić information content (AvgIpc) is 2.38. The van der Waals surface area contributed by atoms with Crippen LogP contribution in [0.4, 0.5) is 0 Å². The monoisotopic (exact) mass is 292 g/mol. The maximum absolute atomic E-state index is 3.51. The second-order valence-electron chi connectivity index (χ2n) is 6.70. The van der Waals surface area contributed by atoms with Gasteiger partial charge >= 0.3 is 5.96 Å². The Morgan fingerprint density at radius 1 is 1.14 bits per heavy atom. The van der Waals surface area contributed by atoms with E-state index in [0.717, 1.165) is 36.5 Å². The van der Waals surface area contributed by atoms with Gasteiger partial charge in [0.15, 0.2) is 0 Å². The maximum atomic E-state index is 3.51. The van der Waals surface area contributed by atoms with Crippen LogP contribution in [0.1, 0.15) is 12.0 Å². The van der Waals surface area contributed by atoms with Crippen LogP contribution < -0.4 is 5.32 Å². The summed E-state index contributed by atoms with van der Waals surface area (Å²) in [6.07, 6.45) is 1.16. The van der Waals surface area contributed by atoms with Crippen molar-refractivity contribution in [2.24, 2.45) is 0 Å². The third-order valence-electron chi connectivity index (χ3n) is 3.52. The van der Waals surface area contributed by atoms with E-state index in [-0.39, 0.29) is 0 Å². The smallest absolute Gasteiger partial charge is 0.325 e.